The first-order chi connectivity index (χ1) is 9.79. The largest absolute Gasteiger partial charge is 0.497 e. The van der Waals surface area contributed by atoms with Gasteiger partial charge in [-0.25, -0.2) is 0 Å². The fraction of sp³-hybridized carbons (Fsp3) is 0.647. The van der Waals surface area contributed by atoms with E-state index in [2.05, 4.69) is 29.3 Å². The quantitative estimate of drug-likeness (QED) is 0.775. The molecule has 0 saturated carbocycles. The van der Waals surface area contributed by atoms with E-state index in [4.69, 9.17) is 4.74 Å². The van der Waals surface area contributed by atoms with Gasteiger partial charge in [-0.05, 0) is 63.5 Å². The van der Waals surface area contributed by atoms with Crippen LogP contribution >= 0.6 is 0 Å². The van der Waals surface area contributed by atoms with Gasteiger partial charge in [0.15, 0.2) is 0 Å². The molecule has 1 saturated heterocycles. The number of nitrogens with one attached hydrogen (secondary N) is 1. The molecule has 0 amide bonds. The highest BCUT2D eigenvalue weighted by atomic mass is 16.5. The number of nitrogens with zero attached hydrogens (tertiary/aromatic N) is 1. The minimum Gasteiger partial charge on any atom is -0.497 e. The Morgan fingerprint density at radius 2 is 2.25 bits per heavy atom. The van der Waals surface area contributed by atoms with E-state index in [9.17, 15) is 0 Å². The Hall–Kier alpha value is -1.06. The summed E-state index contributed by atoms with van der Waals surface area (Å²) in [6.07, 6.45) is 5.39. The maximum Gasteiger partial charge on any atom is 0.119 e. The SMILES string of the molecule is COc1cccc(CNCCCN2CCCC[C@H]2C)c1. The highest BCUT2D eigenvalue weighted by Gasteiger charge is 2.16. The van der Waals surface area contributed by atoms with Crippen molar-refractivity contribution in [3.63, 3.8) is 0 Å². The van der Waals surface area contributed by atoms with Crippen LogP contribution in [0.3, 0.4) is 0 Å². The van der Waals surface area contributed by atoms with Crippen molar-refractivity contribution in [1.82, 2.24) is 10.2 Å². The number of ether oxygens (including phenoxy) is 1. The molecule has 0 spiro atoms. The lowest BCUT2D eigenvalue weighted by Gasteiger charge is -2.33. The van der Waals surface area contributed by atoms with Crippen molar-refractivity contribution in [2.24, 2.45) is 0 Å². The number of piperidine rings is 1. The molecule has 3 nitrogen and oxygen atoms in total. The van der Waals surface area contributed by atoms with Crippen molar-refractivity contribution in [2.45, 2.75) is 45.2 Å². The number of rotatable bonds is 7. The molecular formula is C17H28N2O. The fourth-order valence-corrected chi connectivity index (χ4v) is 2.91. The lowest BCUT2D eigenvalue weighted by Crippen LogP contribution is -2.38. The summed E-state index contributed by atoms with van der Waals surface area (Å²) in [5.74, 6) is 0.937. The average molecular weight is 276 g/mol. The molecule has 3 heteroatoms. The molecule has 0 radical (unpaired) electrons. The molecule has 0 aliphatic carbocycles. The molecule has 1 aromatic rings. The maximum absolute atomic E-state index is 5.24. The van der Waals surface area contributed by atoms with Gasteiger partial charge < -0.3 is 15.0 Å². The minimum atomic E-state index is 0.780. The van der Waals surface area contributed by atoms with Gasteiger partial charge in [0.2, 0.25) is 0 Å². The van der Waals surface area contributed by atoms with Crippen molar-refractivity contribution < 1.29 is 4.74 Å². The van der Waals surface area contributed by atoms with Gasteiger partial charge in [-0.3, -0.25) is 0 Å². The van der Waals surface area contributed by atoms with Crippen LogP contribution in [0.5, 0.6) is 5.75 Å². The molecule has 2 rings (SSSR count). The summed E-state index contributed by atoms with van der Waals surface area (Å²) in [6, 6.07) is 9.05. The number of likely N-dealkylation sites (tertiary alicyclic amines) is 1. The van der Waals surface area contributed by atoms with Crippen molar-refractivity contribution in [2.75, 3.05) is 26.7 Å². The van der Waals surface area contributed by atoms with Gasteiger partial charge in [0.25, 0.3) is 0 Å². The van der Waals surface area contributed by atoms with Crippen molar-refractivity contribution in [3.8, 4) is 5.75 Å². The van der Waals surface area contributed by atoms with E-state index in [-0.39, 0.29) is 0 Å². The molecule has 20 heavy (non-hydrogen) atoms. The lowest BCUT2D eigenvalue weighted by molar-refractivity contribution is 0.159. The molecule has 1 N–H and O–H groups in total. The summed E-state index contributed by atoms with van der Waals surface area (Å²) in [7, 11) is 1.71. The molecule has 1 heterocycles. The molecule has 0 bridgehead atoms. The zero-order valence-electron chi connectivity index (χ0n) is 12.9. The molecule has 0 unspecified atom stereocenters. The van der Waals surface area contributed by atoms with E-state index in [1.165, 1.54) is 44.3 Å². The third-order valence-electron chi connectivity index (χ3n) is 4.20. The van der Waals surface area contributed by atoms with Crippen molar-refractivity contribution >= 4 is 0 Å². The summed E-state index contributed by atoms with van der Waals surface area (Å²) < 4.78 is 5.24. The summed E-state index contributed by atoms with van der Waals surface area (Å²) in [5.41, 5.74) is 1.29. The third-order valence-corrected chi connectivity index (χ3v) is 4.20. The second-order valence-corrected chi connectivity index (χ2v) is 5.76. The summed E-state index contributed by atoms with van der Waals surface area (Å²) >= 11 is 0. The summed E-state index contributed by atoms with van der Waals surface area (Å²) in [5, 5.41) is 3.53. The Morgan fingerprint density at radius 1 is 1.35 bits per heavy atom. The van der Waals surface area contributed by atoms with Crippen LogP contribution in [0.25, 0.3) is 0 Å². The first-order valence-electron chi connectivity index (χ1n) is 7.87. The first-order valence-corrected chi connectivity index (χ1v) is 7.87. The highest BCUT2D eigenvalue weighted by Crippen LogP contribution is 2.16. The number of hydrogen-bond donors (Lipinski definition) is 1. The van der Waals surface area contributed by atoms with Gasteiger partial charge in [0.05, 0.1) is 7.11 Å². The standard InChI is InChI=1S/C17H28N2O/c1-15-7-3-4-11-19(15)12-6-10-18-14-16-8-5-9-17(13-16)20-2/h5,8-9,13,15,18H,3-4,6-7,10-12,14H2,1-2H3/t15-/m1/s1. The zero-order chi connectivity index (χ0) is 14.2. The van der Waals surface area contributed by atoms with Gasteiger partial charge in [0, 0.05) is 12.6 Å². The van der Waals surface area contributed by atoms with Gasteiger partial charge in [-0.15, -0.1) is 0 Å². The molecule has 1 aromatic carbocycles. The van der Waals surface area contributed by atoms with E-state index in [0.29, 0.717) is 0 Å². The van der Waals surface area contributed by atoms with E-state index < -0.39 is 0 Å². The highest BCUT2D eigenvalue weighted by molar-refractivity contribution is 5.28. The topological polar surface area (TPSA) is 24.5 Å². The normalized spacial score (nSPS) is 20.0. The first kappa shape index (κ1) is 15.3. The van der Waals surface area contributed by atoms with E-state index >= 15 is 0 Å². The molecule has 1 aliphatic heterocycles. The second-order valence-electron chi connectivity index (χ2n) is 5.76. The van der Waals surface area contributed by atoms with Crippen LogP contribution in [-0.4, -0.2) is 37.7 Å². The molecule has 112 valence electrons. The summed E-state index contributed by atoms with van der Waals surface area (Å²) in [4.78, 5) is 2.64. The van der Waals surface area contributed by atoms with E-state index in [0.717, 1.165) is 24.9 Å². The van der Waals surface area contributed by atoms with Crippen molar-refractivity contribution in [3.05, 3.63) is 29.8 Å². The van der Waals surface area contributed by atoms with Crippen LogP contribution < -0.4 is 10.1 Å². The molecule has 1 aliphatic rings. The van der Waals surface area contributed by atoms with Crippen LogP contribution in [0, 0.1) is 0 Å². The predicted octanol–water partition coefficient (Wildman–Crippen LogP) is 3.05. The third kappa shape index (κ3) is 4.80. The Morgan fingerprint density at radius 3 is 3.05 bits per heavy atom. The zero-order valence-corrected chi connectivity index (χ0v) is 12.9. The van der Waals surface area contributed by atoms with Crippen LogP contribution in [-0.2, 0) is 6.54 Å². The summed E-state index contributed by atoms with van der Waals surface area (Å²) in [6.45, 7) is 6.89. The number of hydrogen-bond acceptors (Lipinski definition) is 3. The maximum atomic E-state index is 5.24. The van der Waals surface area contributed by atoms with Crippen LogP contribution in [0.4, 0.5) is 0 Å². The fourth-order valence-electron chi connectivity index (χ4n) is 2.91. The smallest absolute Gasteiger partial charge is 0.119 e. The molecular weight excluding hydrogens is 248 g/mol. The Labute approximate surface area is 123 Å². The second kappa shape index (κ2) is 8.28. The van der Waals surface area contributed by atoms with Crippen LogP contribution in [0.1, 0.15) is 38.2 Å². The van der Waals surface area contributed by atoms with Crippen molar-refractivity contribution in [1.29, 1.82) is 0 Å². The Kier molecular flexibility index (Phi) is 6.34. The van der Waals surface area contributed by atoms with Gasteiger partial charge in [-0.1, -0.05) is 18.6 Å². The molecule has 0 aromatic heterocycles. The Balaban J connectivity index is 1.61. The average Bonchev–Trinajstić information content (AvgIpc) is 2.49. The van der Waals surface area contributed by atoms with Gasteiger partial charge >= 0.3 is 0 Å². The van der Waals surface area contributed by atoms with Crippen LogP contribution in [0.2, 0.25) is 0 Å². The van der Waals surface area contributed by atoms with E-state index in [1.807, 2.05) is 12.1 Å². The van der Waals surface area contributed by atoms with Gasteiger partial charge in [0.1, 0.15) is 5.75 Å². The minimum absolute atomic E-state index is 0.780. The molecule has 1 atom stereocenters. The number of methoxy groups -OCH3 is 1. The lowest BCUT2D eigenvalue weighted by atomic mass is 10.0. The monoisotopic (exact) mass is 276 g/mol. The van der Waals surface area contributed by atoms with E-state index in [1.54, 1.807) is 7.11 Å². The Bertz CT molecular complexity index is 394. The number of benzene rings is 1. The molecule has 1 fully saturated rings. The van der Waals surface area contributed by atoms with Crippen LogP contribution in [0.15, 0.2) is 24.3 Å². The van der Waals surface area contributed by atoms with Gasteiger partial charge in [-0.2, -0.15) is 0 Å². The predicted molar refractivity (Wildman–Crippen MR) is 84.2 cm³/mol.